The molecule has 6 rings (SSSR count). The van der Waals surface area contributed by atoms with Gasteiger partial charge in [0.1, 0.15) is 5.82 Å². The van der Waals surface area contributed by atoms with Crippen LogP contribution in [0.3, 0.4) is 0 Å². The Bertz CT molecular complexity index is 1340. The summed E-state index contributed by atoms with van der Waals surface area (Å²) in [7, 11) is 0. The van der Waals surface area contributed by atoms with E-state index in [9.17, 15) is 4.79 Å². The molecule has 2 fully saturated rings. The summed E-state index contributed by atoms with van der Waals surface area (Å²) in [6.07, 6.45) is 10.3. The summed E-state index contributed by atoms with van der Waals surface area (Å²) in [4.78, 5) is 26.7. The number of hydrogen-bond donors (Lipinski definition) is 2. The van der Waals surface area contributed by atoms with E-state index in [-0.39, 0.29) is 5.91 Å². The van der Waals surface area contributed by atoms with Crippen LogP contribution in [0, 0.1) is 0 Å². The molecule has 4 aromatic rings. The Labute approximate surface area is 198 Å². The Hall–Kier alpha value is -3.94. The van der Waals surface area contributed by atoms with Crippen LogP contribution in [-0.4, -0.2) is 52.3 Å². The van der Waals surface area contributed by atoms with Gasteiger partial charge in [-0.05, 0) is 55.5 Å². The van der Waals surface area contributed by atoms with Crippen LogP contribution in [0.15, 0.2) is 55.0 Å². The smallest absolute Gasteiger partial charge is 0.276 e. The van der Waals surface area contributed by atoms with Crippen LogP contribution in [0.2, 0.25) is 0 Å². The van der Waals surface area contributed by atoms with E-state index in [1.54, 1.807) is 6.20 Å². The number of hydrogen-bond acceptors (Lipinski definition) is 6. The highest BCUT2D eigenvalue weighted by Crippen LogP contribution is 2.29. The molecule has 0 atom stereocenters. The molecule has 1 amide bonds. The number of aromatic nitrogens is 4. The van der Waals surface area contributed by atoms with Gasteiger partial charge >= 0.3 is 0 Å². The van der Waals surface area contributed by atoms with Crippen molar-refractivity contribution in [1.82, 2.24) is 20.2 Å². The third-order valence-corrected chi connectivity index (χ3v) is 6.74. The van der Waals surface area contributed by atoms with E-state index in [2.05, 4.69) is 41.3 Å². The second kappa shape index (κ2) is 8.78. The maximum absolute atomic E-state index is 13.2. The van der Waals surface area contributed by atoms with Gasteiger partial charge in [0.15, 0.2) is 5.69 Å². The monoisotopic (exact) mass is 453 g/mol. The Kier molecular flexibility index (Phi) is 5.33. The molecule has 0 bridgehead atoms. The summed E-state index contributed by atoms with van der Waals surface area (Å²) >= 11 is 0. The highest BCUT2D eigenvalue weighted by Gasteiger charge is 2.18. The van der Waals surface area contributed by atoms with Gasteiger partial charge in [-0.25, -0.2) is 4.98 Å². The minimum Gasteiger partial charge on any atom is -0.370 e. The Morgan fingerprint density at radius 3 is 2.50 bits per heavy atom. The Morgan fingerprint density at radius 2 is 1.68 bits per heavy atom. The fraction of sp³-hybridized carbons (Fsp3) is 0.308. The molecule has 0 spiro atoms. The first-order valence-electron chi connectivity index (χ1n) is 12.0. The number of anilines is 3. The normalized spacial score (nSPS) is 15.9. The van der Waals surface area contributed by atoms with E-state index >= 15 is 0 Å². The van der Waals surface area contributed by atoms with Crippen LogP contribution in [0.1, 0.15) is 36.2 Å². The fourth-order valence-corrected chi connectivity index (χ4v) is 4.91. The highest BCUT2D eigenvalue weighted by molar-refractivity contribution is 6.11. The number of nitrogens with zero attached hydrogens (tertiary/aromatic N) is 5. The van der Waals surface area contributed by atoms with Gasteiger partial charge < -0.3 is 15.1 Å². The van der Waals surface area contributed by atoms with Crippen molar-refractivity contribution < 1.29 is 4.79 Å². The average molecular weight is 454 g/mol. The first-order chi connectivity index (χ1) is 16.7. The Balaban J connectivity index is 1.27. The zero-order chi connectivity index (χ0) is 22.9. The van der Waals surface area contributed by atoms with Gasteiger partial charge in [0.25, 0.3) is 5.91 Å². The van der Waals surface area contributed by atoms with E-state index in [0.29, 0.717) is 5.69 Å². The number of amides is 1. The standard InChI is InChI=1S/C26H27N7O/c34-26(29-20-7-8-28-24(15-20)33-11-3-4-12-33)25-22-14-18(5-6-23(22)30-31-25)19-13-21(17-27-16-19)32-9-1-2-10-32/h5-8,13-17H,1-4,9-12H2,(H,30,31)(H,28,29,34). The van der Waals surface area contributed by atoms with E-state index < -0.39 is 0 Å². The van der Waals surface area contributed by atoms with Gasteiger partial charge in [0.2, 0.25) is 0 Å². The number of carbonyl (C=O) groups excluding carboxylic acids is 1. The van der Waals surface area contributed by atoms with E-state index in [1.165, 1.54) is 25.7 Å². The minimum atomic E-state index is -0.245. The molecule has 1 aromatic carbocycles. The van der Waals surface area contributed by atoms with Crippen molar-refractivity contribution in [1.29, 1.82) is 0 Å². The molecule has 5 heterocycles. The largest absolute Gasteiger partial charge is 0.370 e. The van der Waals surface area contributed by atoms with Crippen LogP contribution in [0.5, 0.6) is 0 Å². The van der Waals surface area contributed by atoms with Crippen molar-refractivity contribution in [3.63, 3.8) is 0 Å². The van der Waals surface area contributed by atoms with Crippen molar-refractivity contribution in [3.05, 3.63) is 60.7 Å². The molecular formula is C26H27N7O. The van der Waals surface area contributed by atoms with Crippen molar-refractivity contribution in [2.45, 2.75) is 25.7 Å². The molecule has 8 nitrogen and oxygen atoms in total. The molecule has 34 heavy (non-hydrogen) atoms. The molecule has 0 aliphatic carbocycles. The maximum Gasteiger partial charge on any atom is 0.276 e. The van der Waals surface area contributed by atoms with Gasteiger partial charge in [0, 0.05) is 61.3 Å². The quantitative estimate of drug-likeness (QED) is 0.463. The predicted molar refractivity (Wildman–Crippen MR) is 134 cm³/mol. The zero-order valence-corrected chi connectivity index (χ0v) is 19.0. The molecule has 0 saturated carbocycles. The van der Waals surface area contributed by atoms with Gasteiger partial charge in [-0.1, -0.05) is 6.07 Å². The lowest BCUT2D eigenvalue weighted by atomic mass is 10.0. The highest BCUT2D eigenvalue weighted by atomic mass is 16.1. The lowest BCUT2D eigenvalue weighted by Crippen LogP contribution is -2.19. The molecule has 8 heteroatoms. The topological polar surface area (TPSA) is 90.0 Å². The second-order valence-electron chi connectivity index (χ2n) is 9.01. The van der Waals surface area contributed by atoms with E-state index in [1.807, 2.05) is 42.7 Å². The number of H-pyrrole nitrogens is 1. The first kappa shape index (κ1) is 20.7. The van der Waals surface area contributed by atoms with Crippen LogP contribution in [0.25, 0.3) is 22.0 Å². The van der Waals surface area contributed by atoms with Crippen molar-refractivity contribution >= 4 is 34.0 Å². The van der Waals surface area contributed by atoms with Gasteiger partial charge in [0.05, 0.1) is 17.4 Å². The molecular weight excluding hydrogens is 426 g/mol. The number of fused-ring (bicyclic) bond motifs is 1. The molecule has 2 N–H and O–H groups in total. The predicted octanol–water partition coefficient (Wildman–Crippen LogP) is 4.47. The van der Waals surface area contributed by atoms with Crippen molar-refractivity contribution in [2.75, 3.05) is 41.3 Å². The number of benzene rings is 1. The lowest BCUT2D eigenvalue weighted by molar-refractivity contribution is 0.102. The molecule has 0 unspecified atom stereocenters. The number of aromatic amines is 1. The van der Waals surface area contributed by atoms with Gasteiger partial charge in [-0.15, -0.1) is 0 Å². The molecule has 3 aromatic heterocycles. The molecule has 2 saturated heterocycles. The maximum atomic E-state index is 13.2. The molecule has 172 valence electrons. The fourth-order valence-electron chi connectivity index (χ4n) is 4.91. The number of nitrogens with one attached hydrogen (secondary N) is 2. The van der Waals surface area contributed by atoms with Crippen LogP contribution in [-0.2, 0) is 0 Å². The second-order valence-corrected chi connectivity index (χ2v) is 9.01. The number of pyridine rings is 2. The van der Waals surface area contributed by atoms with E-state index in [4.69, 9.17) is 0 Å². The summed E-state index contributed by atoms with van der Waals surface area (Å²) in [6.45, 7) is 4.16. The average Bonchev–Trinajstić information content (AvgIpc) is 3.66. The minimum absolute atomic E-state index is 0.245. The SMILES string of the molecule is O=C(Nc1ccnc(N2CCCC2)c1)c1n[nH]c2ccc(-c3cncc(N4CCCC4)c3)cc12. The van der Waals surface area contributed by atoms with Crippen molar-refractivity contribution in [3.8, 4) is 11.1 Å². The van der Waals surface area contributed by atoms with Crippen molar-refractivity contribution in [2.24, 2.45) is 0 Å². The summed E-state index contributed by atoms with van der Waals surface area (Å²) < 4.78 is 0. The lowest BCUT2D eigenvalue weighted by Gasteiger charge is -2.17. The first-order valence-corrected chi connectivity index (χ1v) is 12.0. The zero-order valence-electron chi connectivity index (χ0n) is 19.0. The molecule has 2 aliphatic heterocycles. The number of carbonyl (C=O) groups is 1. The van der Waals surface area contributed by atoms with Crippen LogP contribution < -0.4 is 15.1 Å². The van der Waals surface area contributed by atoms with Gasteiger partial charge in [-0.2, -0.15) is 5.10 Å². The summed E-state index contributed by atoms with van der Waals surface area (Å²) in [5.74, 6) is 0.653. The van der Waals surface area contributed by atoms with Gasteiger partial charge in [-0.3, -0.25) is 14.9 Å². The molecule has 0 radical (unpaired) electrons. The summed E-state index contributed by atoms with van der Waals surface area (Å²) in [6, 6.07) is 11.9. The van der Waals surface area contributed by atoms with Crippen LogP contribution in [0.4, 0.5) is 17.2 Å². The number of rotatable bonds is 5. The molecule has 2 aliphatic rings. The van der Waals surface area contributed by atoms with Crippen LogP contribution >= 0.6 is 0 Å². The summed E-state index contributed by atoms with van der Waals surface area (Å²) in [5, 5.41) is 11.1. The van der Waals surface area contributed by atoms with E-state index in [0.717, 1.165) is 65.4 Å². The third-order valence-electron chi connectivity index (χ3n) is 6.74. The Morgan fingerprint density at radius 1 is 0.882 bits per heavy atom. The third kappa shape index (κ3) is 3.96. The summed E-state index contributed by atoms with van der Waals surface area (Å²) in [5.41, 5.74) is 5.11.